The smallest absolute Gasteiger partial charge is 0.335 e. The van der Waals surface area contributed by atoms with Crippen molar-refractivity contribution in [2.45, 2.75) is 19.9 Å². The van der Waals surface area contributed by atoms with Crippen LogP contribution in [0.25, 0.3) is 10.9 Å². The van der Waals surface area contributed by atoms with Gasteiger partial charge in [0.15, 0.2) is 0 Å². The van der Waals surface area contributed by atoms with Crippen molar-refractivity contribution in [1.29, 1.82) is 0 Å². The second kappa shape index (κ2) is 4.14. The molecule has 2 rings (SSSR count). The van der Waals surface area contributed by atoms with E-state index in [2.05, 4.69) is 5.10 Å². The maximum atomic E-state index is 10.8. The average Bonchev–Trinajstić information content (AvgIpc) is 2.56. The minimum atomic E-state index is -0.957. The average molecular weight is 239 g/mol. The SMILES string of the molecule is CCCn1nc2ccc(C(=O)O)cc2c1Cl. The number of nitrogens with zero attached hydrogens (tertiary/aromatic N) is 2. The Morgan fingerprint density at radius 3 is 2.94 bits per heavy atom. The molecule has 1 aromatic carbocycles. The van der Waals surface area contributed by atoms with Crippen molar-refractivity contribution in [1.82, 2.24) is 9.78 Å². The maximum absolute atomic E-state index is 10.8. The number of carboxylic acid groups (broad SMARTS) is 1. The molecular formula is C11H11ClN2O2. The van der Waals surface area contributed by atoms with Crippen molar-refractivity contribution in [3.05, 3.63) is 28.9 Å². The zero-order valence-corrected chi connectivity index (χ0v) is 9.53. The first-order chi connectivity index (χ1) is 7.63. The summed E-state index contributed by atoms with van der Waals surface area (Å²) >= 11 is 6.12. The number of rotatable bonds is 3. The number of hydrogen-bond acceptors (Lipinski definition) is 2. The van der Waals surface area contributed by atoms with E-state index in [9.17, 15) is 4.79 Å². The lowest BCUT2D eigenvalue weighted by Crippen LogP contribution is -1.97. The fraction of sp³-hybridized carbons (Fsp3) is 0.273. The fourth-order valence-electron chi connectivity index (χ4n) is 1.59. The highest BCUT2D eigenvalue weighted by molar-refractivity contribution is 6.34. The van der Waals surface area contributed by atoms with Crippen LogP contribution in [0.15, 0.2) is 18.2 Å². The Kier molecular flexibility index (Phi) is 2.83. The molecule has 0 spiro atoms. The Bertz CT molecular complexity index is 548. The van der Waals surface area contributed by atoms with E-state index in [4.69, 9.17) is 16.7 Å². The lowest BCUT2D eigenvalue weighted by atomic mass is 10.2. The van der Waals surface area contributed by atoms with Gasteiger partial charge in [-0.05, 0) is 24.6 Å². The van der Waals surface area contributed by atoms with Crippen LogP contribution in [0.2, 0.25) is 5.15 Å². The second-order valence-electron chi connectivity index (χ2n) is 3.55. The third-order valence-electron chi connectivity index (χ3n) is 2.36. The molecule has 0 aliphatic rings. The third-order valence-corrected chi connectivity index (χ3v) is 2.75. The Hall–Kier alpha value is -1.55. The number of benzene rings is 1. The van der Waals surface area contributed by atoms with Crippen LogP contribution >= 0.6 is 11.6 Å². The highest BCUT2D eigenvalue weighted by Crippen LogP contribution is 2.24. The van der Waals surface area contributed by atoms with Crippen LogP contribution in [0.3, 0.4) is 0 Å². The molecule has 0 aliphatic carbocycles. The summed E-state index contributed by atoms with van der Waals surface area (Å²) in [5.74, 6) is -0.957. The molecule has 16 heavy (non-hydrogen) atoms. The number of carbonyl (C=O) groups is 1. The molecule has 2 aromatic rings. The van der Waals surface area contributed by atoms with Gasteiger partial charge in [-0.15, -0.1) is 0 Å². The molecule has 0 saturated carbocycles. The predicted molar refractivity (Wildman–Crippen MR) is 62.0 cm³/mol. The van der Waals surface area contributed by atoms with Gasteiger partial charge in [-0.2, -0.15) is 5.10 Å². The first-order valence-corrected chi connectivity index (χ1v) is 5.40. The van der Waals surface area contributed by atoms with Gasteiger partial charge in [0, 0.05) is 11.9 Å². The molecule has 1 aromatic heterocycles. The minimum Gasteiger partial charge on any atom is -0.478 e. The van der Waals surface area contributed by atoms with E-state index in [1.807, 2.05) is 6.92 Å². The van der Waals surface area contributed by atoms with Crippen LogP contribution in [-0.2, 0) is 6.54 Å². The molecule has 0 radical (unpaired) electrons. The summed E-state index contributed by atoms with van der Waals surface area (Å²) in [6.45, 7) is 2.77. The van der Waals surface area contributed by atoms with Gasteiger partial charge >= 0.3 is 5.97 Å². The van der Waals surface area contributed by atoms with Gasteiger partial charge in [0.25, 0.3) is 0 Å². The van der Waals surface area contributed by atoms with E-state index in [1.54, 1.807) is 16.8 Å². The van der Waals surface area contributed by atoms with Crippen molar-refractivity contribution in [3.63, 3.8) is 0 Å². The van der Waals surface area contributed by atoms with Gasteiger partial charge < -0.3 is 5.11 Å². The molecule has 1 N–H and O–H groups in total. The number of halogens is 1. The summed E-state index contributed by atoms with van der Waals surface area (Å²) in [5.41, 5.74) is 0.953. The van der Waals surface area contributed by atoms with Gasteiger partial charge in [-0.3, -0.25) is 4.68 Å². The van der Waals surface area contributed by atoms with Gasteiger partial charge in [-0.25, -0.2) is 4.79 Å². The fourth-order valence-corrected chi connectivity index (χ4v) is 1.87. The quantitative estimate of drug-likeness (QED) is 0.895. The van der Waals surface area contributed by atoms with Crippen molar-refractivity contribution >= 4 is 28.5 Å². The van der Waals surface area contributed by atoms with E-state index < -0.39 is 5.97 Å². The monoisotopic (exact) mass is 238 g/mol. The molecule has 0 aliphatic heterocycles. The van der Waals surface area contributed by atoms with Crippen molar-refractivity contribution in [2.75, 3.05) is 0 Å². The van der Waals surface area contributed by atoms with Gasteiger partial charge in [0.1, 0.15) is 5.15 Å². The van der Waals surface area contributed by atoms with E-state index in [-0.39, 0.29) is 5.56 Å². The Balaban J connectivity index is 2.59. The third kappa shape index (κ3) is 1.76. The van der Waals surface area contributed by atoms with Gasteiger partial charge in [0.05, 0.1) is 11.1 Å². The summed E-state index contributed by atoms with van der Waals surface area (Å²) < 4.78 is 1.69. The molecule has 1 heterocycles. The van der Waals surface area contributed by atoms with Gasteiger partial charge in [0.2, 0.25) is 0 Å². The van der Waals surface area contributed by atoms with Crippen LogP contribution in [0.4, 0.5) is 0 Å². The van der Waals surface area contributed by atoms with E-state index in [0.717, 1.165) is 18.5 Å². The van der Waals surface area contributed by atoms with Crippen molar-refractivity contribution < 1.29 is 9.90 Å². The van der Waals surface area contributed by atoms with E-state index >= 15 is 0 Å². The van der Waals surface area contributed by atoms with E-state index in [0.29, 0.717) is 10.5 Å². The normalized spacial score (nSPS) is 10.9. The molecule has 5 heteroatoms. The Labute approximate surface area is 97.4 Å². The predicted octanol–water partition coefficient (Wildman–Crippen LogP) is 2.80. The molecule has 0 saturated heterocycles. The molecule has 84 valence electrons. The first-order valence-electron chi connectivity index (χ1n) is 5.03. The van der Waals surface area contributed by atoms with Crippen LogP contribution in [0.1, 0.15) is 23.7 Å². The molecule has 0 fully saturated rings. The highest BCUT2D eigenvalue weighted by atomic mass is 35.5. The maximum Gasteiger partial charge on any atom is 0.335 e. The molecule has 0 amide bonds. The molecule has 4 nitrogen and oxygen atoms in total. The number of hydrogen-bond donors (Lipinski definition) is 1. The second-order valence-corrected chi connectivity index (χ2v) is 3.91. The number of aryl methyl sites for hydroxylation is 1. The summed E-state index contributed by atoms with van der Waals surface area (Å²) in [6, 6.07) is 4.76. The summed E-state index contributed by atoms with van der Waals surface area (Å²) in [5, 5.41) is 14.4. The largest absolute Gasteiger partial charge is 0.478 e. The van der Waals surface area contributed by atoms with Crippen LogP contribution in [0, 0.1) is 0 Å². The molecule has 0 unspecified atom stereocenters. The molecule has 0 atom stereocenters. The highest BCUT2D eigenvalue weighted by Gasteiger charge is 2.11. The van der Waals surface area contributed by atoms with Crippen molar-refractivity contribution in [2.24, 2.45) is 0 Å². The summed E-state index contributed by atoms with van der Waals surface area (Å²) in [7, 11) is 0. The Morgan fingerprint density at radius 2 is 2.31 bits per heavy atom. The lowest BCUT2D eigenvalue weighted by molar-refractivity contribution is 0.0697. The summed E-state index contributed by atoms with van der Waals surface area (Å²) in [6.07, 6.45) is 0.930. The first kappa shape index (κ1) is 11.0. The number of carboxylic acids is 1. The number of aromatic carboxylic acids is 1. The molecule has 0 bridgehead atoms. The van der Waals surface area contributed by atoms with Crippen LogP contribution in [-0.4, -0.2) is 20.9 Å². The standard InChI is InChI=1S/C11H11ClN2O2/c1-2-5-14-10(12)8-6-7(11(15)16)3-4-9(8)13-14/h3-4,6H,2,5H2,1H3,(H,15,16). The van der Waals surface area contributed by atoms with Crippen LogP contribution < -0.4 is 0 Å². The lowest BCUT2D eigenvalue weighted by Gasteiger charge is -1.97. The zero-order valence-electron chi connectivity index (χ0n) is 8.77. The van der Waals surface area contributed by atoms with Crippen LogP contribution in [0.5, 0.6) is 0 Å². The topological polar surface area (TPSA) is 55.1 Å². The number of fused-ring (bicyclic) bond motifs is 1. The van der Waals surface area contributed by atoms with E-state index in [1.165, 1.54) is 6.07 Å². The zero-order chi connectivity index (χ0) is 11.7. The minimum absolute atomic E-state index is 0.227. The Morgan fingerprint density at radius 1 is 1.56 bits per heavy atom. The summed E-state index contributed by atoms with van der Waals surface area (Å²) in [4.78, 5) is 10.8. The van der Waals surface area contributed by atoms with Crippen molar-refractivity contribution in [3.8, 4) is 0 Å². The molecular weight excluding hydrogens is 228 g/mol. The number of aromatic nitrogens is 2. The van der Waals surface area contributed by atoms with Gasteiger partial charge in [-0.1, -0.05) is 18.5 Å².